The van der Waals surface area contributed by atoms with Gasteiger partial charge in [0, 0.05) is 25.3 Å². The molecule has 1 aliphatic rings. The molecule has 3 heterocycles. The first-order valence-corrected chi connectivity index (χ1v) is 12.1. The number of fused-ring (bicyclic) bond motifs is 1. The van der Waals surface area contributed by atoms with Crippen LogP contribution in [0.3, 0.4) is 0 Å². The summed E-state index contributed by atoms with van der Waals surface area (Å²) in [7, 11) is 0. The van der Waals surface area contributed by atoms with Gasteiger partial charge in [0.2, 0.25) is 11.8 Å². The molecular formula is C23H28N6O3S. The van der Waals surface area contributed by atoms with Gasteiger partial charge in [0.25, 0.3) is 5.56 Å². The maximum Gasteiger partial charge on any atom is 0.273 e. The van der Waals surface area contributed by atoms with Gasteiger partial charge in [0.15, 0.2) is 10.8 Å². The molecule has 1 atom stereocenters. The number of nitrogens with one attached hydrogen (secondary N) is 2. The van der Waals surface area contributed by atoms with E-state index in [1.807, 2.05) is 43.0 Å². The highest BCUT2D eigenvalue weighted by atomic mass is 32.1. The van der Waals surface area contributed by atoms with Crippen LogP contribution in [-0.2, 0) is 22.6 Å². The van der Waals surface area contributed by atoms with Crippen LogP contribution < -0.4 is 21.1 Å². The highest BCUT2D eigenvalue weighted by Gasteiger charge is 2.27. The molecule has 0 radical (unpaired) electrons. The number of carbonyl (C=O) groups is 2. The highest BCUT2D eigenvalue weighted by molar-refractivity contribution is 7.22. The number of rotatable bonds is 7. The molecule has 1 aliphatic heterocycles. The lowest BCUT2D eigenvalue weighted by molar-refractivity contribution is -0.125. The minimum Gasteiger partial charge on any atom is -0.356 e. The summed E-state index contributed by atoms with van der Waals surface area (Å²) >= 11 is 1.26. The third-order valence-corrected chi connectivity index (χ3v) is 6.87. The van der Waals surface area contributed by atoms with Crippen LogP contribution in [0.5, 0.6) is 0 Å². The lowest BCUT2D eigenvalue weighted by atomic mass is 9.97. The molecule has 1 unspecified atom stereocenters. The number of anilines is 2. The molecule has 2 amide bonds. The number of piperidine rings is 1. The summed E-state index contributed by atoms with van der Waals surface area (Å²) in [6, 6.07) is 7.61. The van der Waals surface area contributed by atoms with E-state index in [4.69, 9.17) is 0 Å². The lowest BCUT2D eigenvalue weighted by Gasteiger charge is -2.31. The summed E-state index contributed by atoms with van der Waals surface area (Å²) in [6.07, 6.45) is 3.89. The summed E-state index contributed by atoms with van der Waals surface area (Å²) < 4.78 is 1.72. The van der Waals surface area contributed by atoms with Crippen molar-refractivity contribution in [3.05, 3.63) is 46.5 Å². The maximum absolute atomic E-state index is 13.0. The van der Waals surface area contributed by atoms with E-state index in [0.717, 1.165) is 37.1 Å². The Balaban J connectivity index is 1.51. The van der Waals surface area contributed by atoms with E-state index in [1.54, 1.807) is 0 Å². The van der Waals surface area contributed by atoms with Crippen LogP contribution in [0.25, 0.3) is 10.3 Å². The van der Waals surface area contributed by atoms with Gasteiger partial charge in [0.1, 0.15) is 17.6 Å². The number of benzene rings is 1. The molecule has 1 aromatic carbocycles. The van der Waals surface area contributed by atoms with Crippen molar-refractivity contribution in [2.45, 2.75) is 39.7 Å². The van der Waals surface area contributed by atoms with Crippen molar-refractivity contribution < 1.29 is 9.59 Å². The van der Waals surface area contributed by atoms with E-state index in [0.29, 0.717) is 28.6 Å². The minimum atomic E-state index is -0.292. The van der Waals surface area contributed by atoms with Crippen molar-refractivity contribution in [1.82, 2.24) is 19.9 Å². The quantitative estimate of drug-likeness (QED) is 0.551. The van der Waals surface area contributed by atoms with Gasteiger partial charge in [-0.15, -0.1) is 0 Å². The number of aromatic nitrogens is 3. The molecule has 174 valence electrons. The third-order valence-electron chi connectivity index (χ3n) is 5.77. The number of amides is 2. The lowest BCUT2D eigenvalue weighted by Crippen LogP contribution is -2.43. The van der Waals surface area contributed by atoms with Crippen LogP contribution in [0.1, 0.15) is 32.3 Å². The van der Waals surface area contributed by atoms with Crippen molar-refractivity contribution >= 4 is 44.3 Å². The van der Waals surface area contributed by atoms with Crippen LogP contribution in [-0.4, -0.2) is 46.0 Å². The first-order chi connectivity index (χ1) is 16.0. The number of carbonyl (C=O) groups excluding carboxylic acids is 2. The van der Waals surface area contributed by atoms with Crippen LogP contribution in [0, 0.1) is 5.92 Å². The molecule has 4 rings (SSSR count). The van der Waals surface area contributed by atoms with Crippen LogP contribution >= 0.6 is 11.3 Å². The number of hydrogen-bond donors (Lipinski definition) is 2. The zero-order chi connectivity index (χ0) is 23.4. The molecule has 9 nitrogen and oxygen atoms in total. The Labute approximate surface area is 195 Å². The van der Waals surface area contributed by atoms with Gasteiger partial charge < -0.3 is 15.5 Å². The summed E-state index contributed by atoms with van der Waals surface area (Å²) in [5, 5.41) is 6.45. The van der Waals surface area contributed by atoms with Crippen LogP contribution in [0.4, 0.5) is 10.8 Å². The third kappa shape index (κ3) is 5.05. The number of nitrogens with zero attached hydrogens (tertiary/aromatic N) is 4. The van der Waals surface area contributed by atoms with E-state index in [-0.39, 0.29) is 29.8 Å². The van der Waals surface area contributed by atoms with Crippen LogP contribution in [0.2, 0.25) is 0 Å². The monoisotopic (exact) mass is 468 g/mol. The molecular weight excluding hydrogens is 440 g/mol. The fraction of sp³-hybridized carbons (Fsp3) is 0.435. The molecule has 1 fully saturated rings. The molecule has 10 heteroatoms. The first kappa shape index (κ1) is 22.9. The molecule has 3 aromatic rings. The van der Waals surface area contributed by atoms with E-state index < -0.39 is 0 Å². The van der Waals surface area contributed by atoms with E-state index in [2.05, 4.69) is 20.6 Å². The maximum atomic E-state index is 13.0. The largest absolute Gasteiger partial charge is 0.356 e. The van der Waals surface area contributed by atoms with Crippen molar-refractivity contribution in [2.24, 2.45) is 5.92 Å². The van der Waals surface area contributed by atoms with Gasteiger partial charge in [-0.2, -0.15) is 4.98 Å². The van der Waals surface area contributed by atoms with Crippen molar-refractivity contribution in [2.75, 3.05) is 29.9 Å². The number of hydrogen-bond acceptors (Lipinski definition) is 7. The molecule has 0 saturated carbocycles. The van der Waals surface area contributed by atoms with Crippen molar-refractivity contribution in [3.8, 4) is 0 Å². The molecule has 0 spiro atoms. The SMILES string of the molecule is CCNC(=O)C1CCCN(c2nc3ncn(CC(=O)Nc4ccccc4CC)c(=O)c3s2)C1. The molecule has 2 aromatic heterocycles. The summed E-state index contributed by atoms with van der Waals surface area (Å²) in [5.74, 6) is -0.325. The van der Waals surface area contributed by atoms with Gasteiger partial charge >= 0.3 is 0 Å². The van der Waals surface area contributed by atoms with Gasteiger partial charge in [-0.05, 0) is 37.8 Å². The molecule has 2 N–H and O–H groups in total. The predicted octanol–water partition coefficient (Wildman–Crippen LogP) is 2.41. The predicted molar refractivity (Wildman–Crippen MR) is 130 cm³/mol. The van der Waals surface area contributed by atoms with Gasteiger partial charge in [0.05, 0.1) is 5.92 Å². The normalized spacial score (nSPS) is 16.1. The second kappa shape index (κ2) is 10.1. The van der Waals surface area contributed by atoms with Gasteiger partial charge in [-0.1, -0.05) is 36.5 Å². The smallest absolute Gasteiger partial charge is 0.273 e. The van der Waals surface area contributed by atoms with Gasteiger partial charge in [-0.3, -0.25) is 19.0 Å². The van der Waals surface area contributed by atoms with Crippen LogP contribution in [0.15, 0.2) is 35.4 Å². The Kier molecular flexibility index (Phi) is 7.02. The molecule has 0 bridgehead atoms. The highest BCUT2D eigenvalue weighted by Crippen LogP contribution is 2.29. The number of para-hydroxylation sites is 1. The summed E-state index contributed by atoms with van der Waals surface area (Å²) in [4.78, 5) is 48.8. The zero-order valence-electron chi connectivity index (χ0n) is 18.8. The Morgan fingerprint density at radius 2 is 2.06 bits per heavy atom. The second-order valence-corrected chi connectivity index (χ2v) is 9.04. The number of aryl methyl sites for hydroxylation is 1. The Morgan fingerprint density at radius 3 is 2.85 bits per heavy atom. The fourth-order valence-corrected chi connectivity index (χ4v) is 5.07. The summed E-state index contributed by atoms with van der Waals surface area (Å²) in [5.41, 5.74) is 1.86. The van der Waals surface area contributed by atoms with Crippen molar-refractivity contribution in [1.29, 1.82) is 0 Å². The minimum absolute atomic E-state index is 0.0550. The summed E-state index contributed by atoms with van der Waals surface area (Å²) in [6.45, 7) is 5.76. The van der Waals surface area contributed by atoms with Crippen molar-refractivity contribution in [3.63, 3.8) is 0 Å². The van der Waals surface area contributed by atoms with Gasteiger partial charge in [-0.25, -0.2) is 4.98 Å². The standard InChI is InChI=1S/C23H28N6O3S/c1-3-15-8-5-6-10-17(15)26-18(30)13-29-14-25-20-19(22(29)32)33-23(27-20)28-11-7-9-16(12-28)21(31)24-4-2/h5-6,8,10,14,16H,3-4,7,9,11-13H2,1-2H3,(H,24,31)(H,26,30). The average molecular weight is 469 g/mol. The fourth-order valence-electron chi connectivity index (χ4n) is 4.06. The molecule has 1 saturated heterocycles. The first-order valence-electron chi connectivity index (χ1n) is 11.3. The molecule has 0 aliphatic carbocycles. The second-order valence-electron chi connectivity index (χ2n) is 8.07. The topological polar surface area (TPSA) is 109 Å². The zero-order valence-corrected chi connectivity index (χ0v) is 19.7. The number of thiazole rings is 1. The Morgan fingerprint density at radius 1 is 1.24 bits per heavy atom. The Hall–Kier alpha value is -3.27. The Bertz CT molecular complexity index is 1220. The van der Waals surface area contributed by atoms with E-state index in [9.17, 15) is 14.4 Å². The van der Waals surface area contributed by atoms with E-state index >= 15 is 0 Å². The van der Waals surface area contributed by atoms with E-state index in [1.165, 1.54) is 22.2 Å². The molecule has 33 heavy (non-hydrogen) atoms. The average Bonchev–Trinajstić information content (AvgIpc) is 3.27.